The molecule has 0 fully saturated rings. The van der Waals surface area contributed by atoms with Crippen LogP contribution in [-0.4, -0.2) is 10.6 Å². The minimum Gasteiger partial charge on any atom is -0.487 e. The lowest BCUT2D eigenvalue weighted by Crippen LogP contribution is -2.24. The van der Waals surface area contributed by atoms with E-state index in [1.807, 2.05) is 12.1 Å². The van der Waals surface area contributed by atoms with Crippen LogP contribution in [0.15, 0.2) is 29.2 Å². The van der Waals surface area contributed by atoms with E-state index < -0.39 is 0 Å². The molecule has 2 heterocycles. The number of fused-ring (bicyclic) bond motifs is 2. The molecule has 16 heavy (non-hydrogen) atoms. The normalized spacial score (nSPS) is 17.1. The highest BCUT2D eigenvalue weighted by atomic mass is 16.5. The summed E-state index contributed by atoms with van der Waals surface area (Å²) in [6.07, 6.45) is 2.52. The summed E-state index contributed by atoms with van der Waals surface area (Å²) >= 11 is 0. The van der Waals surface area contributed by atoms with Crippen molar-refractivity contribution in [2.75, 3.05) is 0 Å². The Balaban J connectivity index is 2.30. The smallest absolute Gasteiger partial charge is 0.189 e. The van der Waals surface area contributed by atoms with Crippen LogP contribution >= 0.6 is 0 Å². The van der Waals surface area contributed by atoms with Gasteiger partial charge in [-0.2, -0.15) is 0 Å². The molecular formula is C13H13NO2. The first-order valence-corrected chi connectivity index (χ1v) is 5.38. The molecule has 0 radical (unpaired) electrons. The topological polar surface area (TPSA) is 42.1 Å². The minimum absolute atomic E-state index is 0.0567. The minimum atomic E-state index is -0.164. The SMILES string of the molecule is CC1(C)Cc2cc3c(=O)cc[nH]c3cc2O1. The van der Waals surface area contributed by atoms with Crippen LogP contribution in [0.2, 0.25) is 0 Å². The molecule has 1 aliphatic rings. The van der Waals surface area contributed by atoms with Crippen molar-refractivity contribution in [3.8, 4) is 5.75 Å². The van der Waals surface area contributed by atoms with Gasteiger partial charge in [-0.3, -0.25) is 4.79 Å². The molecule has 0 amide bonds. The molecule has 3 heteroatoms. The Morgan fingerprint density at radius 2 is 2.19 bits per heavy atom. The van der Waals surface area contributed by atoms with Gasteiger partial charge >= 0.3 is 0 Å². The standard InChI is InChI=1S/C13H13NO2/c1-13(2)7-8-5-9-10(6-12(8)16-13)14-4-3-11(9)15/h3-6H,7H2,1-2H3,(H,14,15). The highest BCUT2D eigenvalue weighted by Gasteiger charge is 2.30. The summed E-state index contributed by atoms with van der Waals surface area (Å²) in [5, 5.41) is 0.738. The Labute approximate surface area is 93.1 Å². The zero-order chi connectivity index (χ0) is 11.3. The summed E-state index contributed by atoms with van der Waals surface area (Å²) in [6.45, 7) is 4.11. The summed E-state index contributed by atoms with van der Waals surface area (Å²) in [6, 6.07) is 5.41. The van der Waals surface area contributed by atoms with Crippen LogP contribution in [0.1, 0.15) is 19.4 Å². The van der Waals surface area contributed by atoms with E-state index in [9.17, 15) is 4.79 Å². The molecule has 1 N–H and O–H groups in total. The maximum atomic E-state index is 11.7. The zero-order valence-corrected chi connectivity index (χ0v) is 9.33. The molecule has 0 spiro atoms. The third kappa shape index (κ3) is 1.32. The number of rotatable bonds is 0. The molecule has 0 bridgehead atoms. The van der Waals surface area contributed by atoms with Gasteiger partial charge < -0.3 is 9.72 Å². The van der Waals surface area contributed by atoms with E-state index in [4.69, 9.17) is 4.74 Å². The quantitative estimate of drug-likeness (QED) is 0.732. The van der Waals surface area contributed by atoms with Gasteiger partial charge in [0.15, 0.2) is 5.43 Å². The van der Waals surface area contributed by atoms with E-state index in [0.29, 0.717) is 0 Å². The van der Waals surface area contributed by atoms with E-state index in [1.54, 1.807) is 12.3 Å². The molecule has 3 rings (SSSR count). The fourth-order valence-electron chi connectivity index (χ4n) is 2.27. The Hall–Kier alpha value is -1.77. The largest absolute Gasteiger partial charge is 0.487 e. The van der Waals surface area contributed by atoms with Crippen LogP contribution in [0, 0.1) is 0 Å². The predicted molar refractivity (Wildman–Crippen MR) is 63.0 cm³/mol. The molecule has 1 aromatic heterocycles. The average Bonchev–Trinajstić information content (AvgIpc) is 2.48. The lowest BCUT2D eigenvalue weighted by Gasteiger charge is -2.16. The van der Waals surface area contributed by atoms with Crippen molar-refractivity contribution in [1.29, 1.82) is 0 Å². The van der Waals surface area contributed by atoms with Crippen molar-refractivity contribution in [1.82, 2.24) is 4.98 Å². The number of aromatic nitrogens is 1. The van der Waals surface area contributed by atoms with Crippen molar-refractivity contribution in [2.24, 2.45) is 0 Å². The van der Waals surface area contributed by atoms with E-state index in [-0.39, 0.29) is 11.0 Å². The number of benzene rings is 1. The van der Waals surface area contributed by atoms with Crippen molar-refractivity contribution in [3.63, 3.8) is 0 Å². The van der Waals surface area contributed by atoms with Gasteiger partial charge in [-0.05, 0) is 25.5 Å². The molecule has 0 saturated carbocycles. The lowest BCUT2D eigenvalue weighted by molar-refractivity contribution is 0.138. The number of H-pyrrole nitrogens is 1. The van der Waals surface area contributed by atoms with Crippen LogP contribution in [-0.2, 0) is 6.42 Å². The molecular weight excluding hydrogens is 202 g/mol. The van der Waals surface area contributed by atoms with Crippen molar-refractivity contribution in [2.45, 2.75) is 25.9 Å². The van der Waals surface area contributed by atoms with Gasteiger partial charge in [0.05, 0.1) is 5.52 Å². The van der Waals surface area contributed by atoms with Crippen LogP contribution in [0.25, 0.3) is 10.9 Å². The van der Waals surface area contributed by atoms with Crippen LogP contribution in [0.5, 0.6) is 5.75 Å². The molecule has 3 nitrogen and oxygen atoms in total. The second kappa shape index (κ2) is 2.88. The number of nitrogens with one attached hydrogen (secondary N) is 1. The zero-order valence-electron chi connectivity index (χ0n) is 9.33. The maximum absolute atomic E-state index is 11.7. The molecule has 1 aliphatic heterocycles. The van der Waals surface area contributed by atoms with Gasteiger partial charge in [-0.25, -0.2) is 0 Å². The van der Waals surface area contributed by atoms with Gasteiger partial charge in [-0.1, -0.05) is 0 Å². The first kappa shape index (κ1) is 9.46. The molecule has 1 aromatic carbocycles. The predicted octanol–water partition coefficient (Wildman–Crippen LogP) is 2.24. The Morgan fingerprint density at radius 3 is 3.00 bits per heavy atom. The summed E-state index contributed by atoms with van der Waals surface area (Å²) in [7, 11) is 0. The first-order valence-electron chi connectivity index (χ1n) is 5.38. The fourth-order valence-corrected chi connectivity index (χ4v) is 2.27. The van der Waals surface area contributed by atoms with Gasteiger partial charge in [0.2, 0.25) is 0 Å². The second-order valence-corrected chi connectivity index (χ2v) is 4.89. The summed E-state index contributed by atoms with van der Waals surface area (Å²) < 4.78 is 5.82. The Kier molecular flexibility index (Phi) is 1.70. The number of hydrogen-bond acceptors (Lipinski definition) is 2. The summed E-state index contributed by atoms with van der Waals surface area (Å²) in [5.74, 6) is 0.888. The Morgan fingerprint density at radius 1 is 1.38 bits per heavy atom. The fraction of sp³-hybridized carbons (Fsp3) is 0.308. The third-order valence-corrected chi connectivity index (χ3v) is 2.94. The molecule has 0 unspecified atom stereocenters. The van der Waals surface area contributed by atoms with Crippen LogP contribution in [0.3, 0.4) is 0 Å². The average molecular weight is 215 g/mol. The summed E-state index contributed by atoms with van der Waals surface area (Å²) in [4.78, 5) is 14.7. The number of aromatic amines is 1. The Bertz CT molecular complexity index is 625. The molecule has 82 valence electrons. The molecule has 0 atom stereocenters. The van der Waals surface area contributed by atoms with Gasteiger partial charge in [0.25, 0.3) is 0 Å². The molecule has 0 aliphatic carbocycles. The first-order chi connectivity index (χ1) is 7.55. The van der Waals surface area contributed by atoms with E-state index in [1.165, 1.54) is 0 Å². The molecule has 2 aromatic rings. The number of ether oxygens (including phenoxy) is 1. The van der Waals surface area contributed by atoms with Crippen molar-refractivity contribution >= 4 is 10.9 Å². The highest BCUT2D eigenvalue weighted by Crippen LogP contribution is 2.36. The lowest BCUT2D eigenvalue weighted by atomic mass is 10.0. The van der Waals surface area contributed by atoms with Crippen molar-refractivity contribution in [3.05, 3.63) is 40.2 Å². The van der Waals surface area contributed by atoms with Gasteiger partial charge in [-0.15, -0.1) is 0 Å². The van der Waals surface area contributed by atoms with Crippen LogP contribution in [0.4, 0.5) is 0 Å². The summed E-state index contributed by atoms with van der Waals surface area (Å²) in [5.41, 5.74) is 1.85. The number of pyridine rings is 1. The van der Waals surface area contributed by atoms with E-state index in [2.05, 4.69) is 18.8 Å². The van der Waals surface area contributed by atoms with E-state index in [0.717, 1.165) is 28.6 Å². The maximum Gasteiger partial charge on any atom is 0.189 e. The number of hydrogen-bond donors (Lipinski definition) is 1. The second-order valence-electron chi connectivity index (χ2n) is 4.89. The highest BCUT2D eigenvalue weighted by molar-refractivity contribution is 5.81. The van der Waals surface area contributed by atoms with Gasteiger partial charge in [0, 0.05) is 30.1 Å². The van der Waals surface area contributed by atoms with Gasteiger partial charge in [0.1, 0.15) is 11.4 Å². The third-order valence-electron chi connectivity index (χ3n) is 2.94. The van der Waals surface area contributed by atoms with E-state index >= 15 is 0 Å². The van der Waals surface area contributed by atoms with Crippen LogP contribution < -0.4 is 10.2 Å². The van der Waals surface area contributed by atoms with Crippen molar-refractivity contribution < 1.29 is 4.74 Å². The monoisotopic (exact) mass is 215 g/mol. The molecule has 0 saturated heterocycles.